The Morgan fingerprint density at radius 2 is 1.90 bits per heavy atom. The van der Waals surface area contributed by atoms with Crippen LogP contribution in [0, 0.1) is 11.8 Å². The van der Waals surface area contributed by atoms with Gasteiger partial charge in [0, 0.05) is 25.9 Å². The van der Waals surface area contributed by atoms with Gasteiger partial charge < -0.3 is 10.6 Å². The summed E-state index contributed by atoms with van der Waals surface area (Å²) in [7, 11) is 4.42. The highest BCUT2D eigenvalue weighted by Crippen LogP contribution is 2.42. The van der Waals surface area contributed by atoms with Crippen molar-refractivity contribution in [1.82, 2.24) is 4.90 Å². The van der Waals surface area contributed by atoms with Crippen LogP contribution in [0.5, 0.6) is 0 Å². The zero-order valence-electron chi connectivity index (χ0n) is 17.3. The average Bonchev–Trinajstić information content (AvgIpc) is 3.34. The second-order valence-corrected chi connectivity index (χ2v) is 10.6. The summed E-state index contributed by atoms with van der Waals surface area (Å²) in [5, 5.41) is 3.21. The van der Waals surface area contributed by atoms with Gasteiger partial charge in [-0.2, -0.15) is 0 Å². The number of benzene rings is 1. The van der Waals surface area contributed by atoms with Crippen LogP contribution >= 0.6 is 22.7 Å². The van der Waals surface area contributed by atoms with Crippen LogP contribution in [0.3, 0.4) is 0 Å². The van der Waals surface area contributed by atoms with Crippen molar-refractivity contribution < 1.29 is 4.79 Å². The molecule has 0 radical (unpaired) electrons. The van der Waals surface area contributed by atoms with Gasteiger partial charge in [0.15, 0.2) is 0 Å². The summed E-state index contributed by atoms with van der Waals surface area (Å²) in [6, 6.07) is 13.1. The summed E-state index contributed by atoms with van der Waals surface area (Å²) in [6.07, 6.45) is 7.29. The predicted octanol–water partition coefficient (Wildman–Crippen LogP) is 6.10. The highest BCUT2D eigenvalue weighted by atomic mass is 32.1. The highest BCUT2D eigenvalue weighted by molar-refractivity contribution is 7.19. The van der Waals surface area contributed by atoms with Crippen molar-refractivity contribution in [3.63, 3.8) is 0 Å². The minimum Gasteiger partial charge on any atom is -0.366 e. The van der Waals surface area contributed by atoms with Crippen LogP contribution in [0.25, 0.3) is 10.1 Å². The highest BCUT2D eigenvalue weighted by Gasteiger charge is 2.30. The maximum atomic E-state index is 12.1. The molecule has 2 heterocycles. The number of carbonyl (C=O) groups excluding carboxylic acids is 1. The molecule has 1 atom stereocenters. The van der Waals surface area contributed by atoms with Crippen LogP contribution in [0.15, 0.2) is 41.8 Å². The van der Waals surface area contributed by atoms with Gasteiger partial charge >= 0.3 is 0 Å². The van der Waals surface area contributed by atoms with Crippen LogP contribution in [0.1, 0.15) is 58.3 Å². The SMILES string of the molecule is CN(C)C(c1cccs1)C1CCC(CCc2sc3ccccc3c2C(N)=O)CC1. The number of fused-ring (bicyclic) bond motifs is 1. The monoisotopic (exact) mass is 426 g/mol. The molecule has 0 saturated heterocycles. The van der Waals surface area contributed by atoms with E-state index in [0.29, 0.717) is 6.04 Å². The van der Waals surface area contributed by atoms with Gasteiger partial charge in [0.2, 0.25) is 5.91 Å². The average molecular weight is 427 g/mol. The number of nitrogens with two attached hydrogens (primary N) is 1. The van der Waals surface area contributed by atoms with Crippen molar-refractivity contribution in [2.45, 2.75) is 44.6 Å². The molecule has 2 N–H and O–H groups in total. The van der Waals surface area contributed by atoms with Gasteiger partial charge in [0.25, 0.3) is 0 Å². The smallest absolute Gasteiger partial charge is 0.250 e. The Balaban J connectivity index is 1.39. The van der Waals surface area contributed by atoms with E-state index in [1.807, 2.05) is 29.5 Å². The Hall–Kier alpha value is -1.69. The van der Waals surface area contributed by atoms with Crippen molar-refractivity contribution in [3.05, 3.63) is 57.1 Å². The molecule has 29 heavy (non-hydrogen) atoms. The lowest BCUT2D eigenvalue weighted by Gasteiger charge is -2.37. The minimum absolute atomic E-state index is 0.286. The van der Waals surface area contributed by atoms with E-state index in [0.717, 1.165) is 35.6 Å². The quantitative estimate of drug-likeness (QED) is 0.496. The van der Waals surface area contributed by atoms with Crippen LogP contribution < -0.4 is 5.73 Å². The predicted molar refractivity (Wildman–Crippen MR) is 125 cm³/mol. The molecule has 5 heteroatoms. The zero-order valence-corrected chi connectivity index (χ0v) is 18.9. The number of nitrogens with zero attached hydrogens (tertiary/aromatic N) is 1. The van der Waals surface area contributed by atoms with E-state index in [2.05, 4.69) is 42.6 Å². The fourth-order valence-electron chi connectivity index (χ4n) is 5.04. The lowest BCUT2D eigenvalue weighted by atomic mass is 9.76. The molecule has 0 aliphatic heterocycles. The molecule has 1 saturated carbocycles. The largest absolute Gasteiger partial charge is 0.366 e. The van der Waals surface area contributed by atoms with Crippen molar-refractivity contribution in [2.24, 2.45) is 17.6 Å². The van der Waals surface area contributed by atoms with E-state index in [4.69, 9.17) is 5.73 Å². The van der Waals surface area contributed by atoms with Crippen molar-refractivity contribution in [3.8, 4) is 0 Å². The first-order chi connectivity index (χ1) is 14.0. The second kappa shape index (κ2) is 8.99. The zero-order chi connectivity index (χ0) is 20.4. The lowest BCUT2D eigenvalue weighted by molar-refractivity contribution is 0.100. The first-order valence-corrected chi connectivity index (χ1v) is 12.2. The van der Waals surface area contributed by atoms with Crippen molar-refractivity contribution in [1.29, 1.82) is 0 Å². The molecule has 1 aliphatic carbocycles. The molecule has 1 unspecified atom stereocenters. The van der Waals surface area contributed by atoms with E-state index >= 15 is 0 Å². The molecule has 2 aromatic heterocycles. The molecular weight excluding hydrogens is 396 g/mol. The maximum absolute atomic E-state index is 12.1. The van der Waals surface area contributed by atoms with E-state index in [1.165, 1.54) is 40.1 Å². The summed E-state index contributed by atoms with van der Waals surface area (Å²) in [5.41, 5.74) is 6.48. The third-order valence-corrected chi connectivity index (χ3v) is 8.60. The van der Waals surface area contributed by atoms with E-state index in [9.17, 15) is 4.79 Å². The Morgan fingerprint density at radius 1 is 1.14 bits per heavy atom. The van der Waals surface area contributed by atoms with E-state index in [-0.39, 0.29) is 5.91 Å². The van der Waals surface area contributed by atoms with Gasteiger partial charge in [0.05, 0.1) is 5.56 Å². The lowest BCUT2D eigenvalue weighted by Crippen LogP contribution is -2.30. The summed E-state index contributed by atoms with van der Waals surface area (Å²) < 4.78 is 1.17. The summed E-state index contributed by atoms with van der Waals surface area (Å²) in [5.74, 6) is 1.21. The standard InChI is InChI=1S/C24H30N2OS2/c1-26(2)23(21-8-5-15-28-21)17-12-9-16(10-13-17)11-14-20-22(24(25)27)18-6-3-4-7-19(18)29-20/h3-8,15-17,23H,9-14H2,1-2H3,(H2,25,27). The van der Waals surface area contributed by atoms with Gasteiger partial charge in [0.1, 0.15) is 0 Å². The Bertz CT molecular complexity index is 953. The summed E-state index contributed by atoms with van der Waals surface area (Å²) in [4.78, 5) is 17.1. The number of hydrogen-bond acceptors (Lipinski definition) is 4. The van der Waals surface area contributed by atoms with Gasteiger partial charge in [-0.1, -0.05) is 37.1 Å². The molecule has 154 valence electrons. The number of rotatable bonds is 7. The molecule has 4 rings (SSSR count). The number of carbonyl (C=O) groups is 1. The summed E-state index contributed by atoms with van der Waals surface area (Å²) >= 11 is 3.63. The third-order valence-electron chi connectivity index (χ3n) is 6.42. The Kier molecular flexibility index (Phi) is 6.38. The van der Waals surface area contributed by atoms with Crippen LogP contribution in [0.2, 0.25) is 0 Å². The van der Waals surface area contributed by atoms with Gasteiger partial charge in [-0.3, -0.25) is 4.79 Å². The first kappa shape index (κ1) is 20.6. The van der Waals surface area contributed by atoms with Crippen LogP contribution in [0.4, 0.5) is 0 Å². The van der Waals surface area contributed by atoms with Gasteiger partial charge in [-0.25, -0.2) is 0 Å². The molecule has 3 nitrogen and oxygen atoms in total. The molecule has 0 bridgehead atoms. The molecule has 1 aromatic carbocycles. The molecule has 0 spiro atoms. The topological polar surface area (TPSA) is 46.3 Å². The number of amides is 1. The molecule has 1 amide bonds. The van der Waals surface area contributed by atoms with E-state index in [1.54, 1.807) is 11.3 Å². The fraction of sp³-hybridized carbons (Fsp3) is 0.458. The second-order valence-electron chi connectivity index (χ2n) is 8.50. The number of primary amides is 1. The number of aryl methyl sites for hydroxylation is 1. The van der Waals surface area contributed by atoms with Gasteiger partial charge in [-0.15, -0.1) is 22.7 Å². The summed E-state index contributed by atoms with van der Waals surface area (Å²) in [6.45, 7) is 0. The molecule has 3 aromatic rings. The third kappa shape index (κ3) is 4.42. The Labute approximate surface area is 181 Å². The minimum atomic E-state index is -0.286. The number of thiophene rings is 2. The molecule has 1 aliphatic rings. The molecule has 1 fully saturated rings. The van der Waals surface area contributed by atoms with Gasteiger partial charge in [-0.05, 0) is 69.1 Å². The normalized spacial score (nSPS) is 20.9. The van der Waals surface area contributed by atoms with E-state index < -0.39 is 0 Å². The first-order valence-electron chi connectivity index (χ1n) is 10.5. The van der Waals surface area contributed by atoms with Crippen molar-refractivity contribution in [2.75, 3.05) is 14.1 Å². The molecular formula is C24H30N2OS2. The maximum Gasteiger partial charge on any atom is 0.250 e. The fourth-order valence-corrected chi connectivity index (χ4v) is 7.28. The van der Waals surface area contributed by atoms with Crippen LogP contribution in [-0.2, 0) is 6.42 Å². The van der Waals surface area contributed by atoms with Crippen molar-refractivity contribution >= 4 is 38.7 Å². The number of hydrogen-bond donors (Lipinski definition) is 1. The van der Waals surface area contributed by atoms with Crippen LogP contribution in [-0.4, -0.2) is 24.9 Å². The Morgan fingerprint density at radius 3 is 2.55 bits per heavy atom.